The predicted octanol–water partition coefficient (Wildman–Crippen LogP) is 5.76. The van der Waals surface area contributed by atoms with E-state index in [4.69, 9.17) is 4.42 Å². The van der Waals surface area contributed by atoms with E-state index in [0.29, 0.717) is 22.4 Å². The molecule has 29 heavy (non-hydrogen) atoms. The number of aromatic nitrogens is 1. The Balaban J connectivity index is 1.68. The maximum atomic E-state index is 13.4. The molecule has 0 amide bonds. The standard InChI is InChI=1S/C20H11BrFN3O4/c21-16-9-15(25(27)28)7-12(19(16)26)10-23-14-4-5-17-18(8-14)29-20(24-17)11-2-1-3-13(22)6-11/h1-10,26H. The monoisotopic (exact) mass is 455 g/mol. The molecule has 0 unspecified atom stereocenters. The minimum Gasteiger partial charge on any atom is -0.506 e. The van der Waals surface area contributed by atoms with Crippen LogP contribution in [0, 0.1) is 15.9 Å². The van der Waals surface area contributed by atoms with Gasteiger partial charge in [0, 0.05) is 35.5 Å². The van der Waals surface area contributed by atoms with E-state index < -0.39 is 10.7 Å². The van der Waals surface area contributed by atoms with Crippen LogP contribution in [0.5, 0.6) is 5.75 Å². The Hall–Kier alpha value is -3.59. The number of hydrogen-bond acceptors (Lipinski definition) is 6. The third-order valence-corrected chi connectivity index (χ3v) is 4.69. The lowest BCUT2D eigenvalue weighted by atomic mass is 10.2. The Morgan fingerprint density at radius 2 is 2.03 bits per heavy atom. The van der Waals surface area contributed by atoms with Crippen LogP contribution in [-0.4, -0.2) is 21.2 Å². The fraction of sp³-hybridized carbons (Fsp3) is 0. The summed E-state index contributed by atoms with van der Waals surface area (Å²) in [6.07, 6.45) is 1.32. The van der Waals surface area contributed by atoms with E-state index in [2.05, 4.69) is 25.9 Å². The summed E-state index contributed by atoms with van der Waals surface area (Å²) in [6.45, 7) is 0. The lowest BCUT2D eigenvalue weighted by Crippen LogP contribution is -1.91. The third-order valence-electron chi connectivity index (χ3n) is 4.08. The highest BCUT2D eigenvalue weighted by atomic mass is 79.9. The van der Waals surface area contributed by atoms with Crippen LogP contribution in [0.3, 0.4) is 0 Å². The van der Waals surface area contributed by atoms with Crippen LogP contribution in [0.15, 0.2) is 68.5 Å². The summed E-state index contributed by atoms with van der Waals surface area (Å²) in [6, 6.07) is 13.4. The number of rotatable bonds is 4. The van der Waals surface area contributed by atoms with Crippen molar-refractivity contribution in [1.29, 1.82) is 0 Å². The van der Waals surface area contributed by atoms with E-state index in [1.165, 1.54) is 30.5 Å². The molecule has 0 radical (unpaired) electrons. The number of phenolic OH excluding ortho intramolecular Hbond substituents is 1. The smallest absolute Gasteiger partial charge is 0.271 e. The quantitative estimate of drug-likeness (QED) is 0.239. The van der Waals surface area contributed by atoms with E-state index in [1.54, 1.807) is 30.3 Å². The molecule has 7 nitrogen and oxygen atoms in total. The molecule has 0 saturated heterocycles. The molecule has 3 aromatic carbocycles. The number of benzene rings is 3. The number of aliphatic imine (C=N–C) groups is 1. The Morgan fingerprint density at radius 1 is 1.21 bits per heavy atom. The Bertz CT molecular complexity index is 1290. The first-order chi connectivity index (χ1) is 13.9. The lowest BCUT2D eigenvalue weighted by molar-refractivity contribution is -0.385. The van der Waals surface area contributed by atoms with Crippen molar-refractivity contribution < 1.29 is 18.8 Å². The molecule has 0 aliphatic rings. The SMILES string of the molecule is O=[N+]([O-])c1cc(Br)c(O)c(C=Nc2ccc3nc(-c4cccc(F)c4)oc3c2)c1. The number of nitro groups is 1. The van der Waals surface area contributed by atoms with Gasteiger partial charge in [-0.3, -0.25) is 15.1 Å². The normalized spacial score (nSPS) is 11.4. The average Bonchev–Trinajstić information content (AvgIpc) is 3.12. The van der Waals surface area contributed by atoms with Gasteiger partial charge in [-0.1, -0.05) is 6.07 Å². The van der Waals surface area contributed by atoms with Crippen molar-refractivity contribution in [3.63, 3.8) is 0 Å². The van der Waals surface area contributed by atoms with Crippen LogP contribution in [-0.2, 0) is 0 Å². The molecule has 4 rings (SSSR count). The largest absolute Gasteiger partial charge is 0.506 e. The van der Waals surface area contributed by atoms with Crippen molar-refractivity contribution in [3.8, 4) is 17.2 Å². The van der Waals surface area contributed by atoms with Crippen molar-refractivity contribution in [2.75, 3.05) is 0 Å². The molecule has 0 bridgehead atoms. The minimum atomic E-state index is -0.559. The highest BCUT2D eigenvalue weighted by Gasteiger charge is 2.14. The third kappa shape index (κ3) is 3.85. The summed E-state index contributed by atoms with van der Waals surface area (Å²) < 4.78 is 19.3. The number of halogens is 2. The van der Waals surface area contributed by atoms with E-state index in [1.807, 2.05) is 0 Å². The maximum Gasteiger partial charge on any atom is 0.271 e. The number of fused-ring (bicyclic) bond motifs is 1. The zero-order valence-electron chi connectivity index (χ0n) is 14.5. The predicted molar refractivity (Wildman–Crippen MR) is 109 cm³/mol. The van der Waals surface area contributed by atoms with Gasteiger partial charge in [0.25, 0.3) is 5.69 Å². The average molecular weight is 456 g/mol. The molecular formula is C20H11BrFN3O4. The van der Waals surface area contributed by atoms with Gasteiger partial charge in [-0.25, -0.2) is 9.37 Å². The highest BCUT2D eigenvalue weighted by molar-refractivity contribution is 9.10. The summed E-state index contributed by atoms with van der Waals surface area (Å²) in [5.41, 5.74) is 2.03. The van der Waals surface area contributed by atoms with Gasteiger partial charge >= 0.3 is 0 Å². The summed E-state index contributed by atoms with van der Waals surface area (Å²) >= 11 is 3.09. The number of nitro benzene ring substituents is 1. The molecule has 0 fully saturated rings. The maximum absolute atomic E-state index is 13.4. The molecule has 0 atom stereocenters. The van der Waals surface area contributed by atoms with Crippen LogP contribution < -0.4 is 0 Å². The van der Waals surface area contributed by atoms with Crippen molar-refractivity contribution >= 4 is 44.6 Å². The molecule has 0 saturated carbocycles. The van der Waals surface area contributed by atoms with Gasteiger partial charge in [0.15, 0.2) is 5.58 Å². The Labute approximate surface area is 171 Å². The van der Waals surface area contributed by atoms with Crippen molar-refractivity contribution in [2.45, 2.75) is 0 Å². The zero-order chi connectivity index (χ0) is 20.5. The number of aromatic hydroxyl groups is 1. The summed E-state index contributed by atoms with van der Waals surface area (Å²) in [5, 5.41) is 21.1. The summed E-state index contributed by atoms with van der Waals surface area (Å²) in [7, 11) is 0. The van der Waals surface area contributed by atoms with Crippen molar-refractivity contribution in [1.82, 2.24) is 4.98 Å². The number of phenols is 1. The molecule has 0 aliphatic heterocycles. The molecule has 1 N–H and O–H groups in total. The molecule has 9 heteroatoms. The van der Waals surface area contributed by atoms with Crippen LogP contribution >= 0.6 is 15.9 Å². The van der Waals surface area contributed by atoms with Gasteiger partial charge in [0.1, 0.15) is 17.1 Å². The molecule has 144 valence electrons. The topological polar surface area (TPSA) is 102 Å². The van der Waals surface area contributed by atoms with Crippen LogP contribution in [0.25, 0.3) is 22.6 Å². The van der Waals surface area contributed by atoms with E-state index in [9.17, 15) is 19.6 Å². The summed E-state index contributed by atoms with van der Waals surface area (Å²) in [4.78, 5) is 19.0. The highest BCUT2D eigenvalue weighted by Crippen LogP contribution is 2.32. The first-order valence-corrected chi connectivity index (χ1v) is 9.07. The van der Waals surface area contributed by atoms with Gasteiger partial charge in [0.05, 0.1) is 15.1 Å². The zero-order valence-corrected chi connectivity index (χ0v) is 16.1. The van der Waals surface area contributed by atoms with Crippen molar-refractivity contribution in [3.05, 3.63) is 80.6 Å². The van der Waals surface area contributed by atoms with Gasteiger partial charge in [-0.2, -0.15) is 0 Å². The minimum absolute atomic E-state index is 0.159. The van der Waals surface area contributed by atoms with Crippen LogP contribution in [0.1, 0.15) is 5.56 Å². The van der Waals surface area contributed by atoms with Crippen LogP contribution in [0.4, 0.5) is 15.8 Å². The van der Waals surface area contributed by atoms with Gasteiger partial charge in [0.2, 0.25) is 5.89 Å². The van der Waals surface area contributed by atoms with E-state index in [0.717, 1.165) is 0 Å². The number of hydrogen-bond donors (Lipinski definition) is 1. The molecule has 1 heterocycles. The second kappa shape index (κ2) is 7.44. The second-order valence-electron chi connectivity index (χ2n) is 6.06. The van der Waals surface area contributed by atoms with Crippen LogP contribution in [0.2, 0.25) is 0 Å². The number of nitrogens with zero attached hydrogens (tertiary/aromatic N) is 3. The fourth-order valence-corrected chi connectivity index (χ4v) is 3.16. The molecule has 4 aromatic rings. The van der Waals surface area contributed by atoms with Gasteiger partial charge < -0.3 is 9.52 Å². The van der Waals surface area contributed by atoms with Gasteiger partial charge in [-0.15, -0.1) is 0 Å². The first-order valence-electron chi connectivity index (χ1n) is 8.28. The molecule has 0 spiro atoms. The fourth-order valence-electron chi connectivity index (χ4n) is 2.69. The first kappa shape index (κ1) is 18.8. The van der Waals surface area contributed by atoms with Gasteiger partial charge in [-0.05, 0) is 46.3 Å². The van der Waals surface area contributed by atoms with E-state index >= 15 is 0 Å². The number of non-ortho nitro benzene ring substituents is 1. The number of oxazole rings is 1. The second-order valence-corrected chi connectivity index (χ2v) is 6.92. The lowest BCUT2D eigenvalue weighted by Gasteiger charge is -2.02. The molecule has 0 aliphatic carbocycles. The Kier molecular flexibility index (Phi) is 4.81. The molecule has 1 aromatic heterocycles. The van der Waals surface area contributed by atoms with E-state index in [-0.39, 0.29) is 27.4 Å². The molecular weight excluding hydrogens is 445 g/mol. The Morgan fingerprint density at radius 3 is 2.79 bits per heavy atom. The van der Waals surface area contributed by atoms with Crippen molar-refractivity contribution in [2.24, 2.45) is 4.99 Å². The summed E-state index contributed by atoms with van der Waals surface area (Å²) in [5.74, 6) is -0.271.